The molecular formula is C36H58O9. The highest BCUT2D eigenvalue weighted by molar-refractivity contribution is 5.61. The summed E-state index contributed by atoms with van der Waals surface area (Å²) >= 11 is 0. The van der Waals surface area contributed by atoms with E-state index in [0.717, 1.165) is 38.5 Å². The van der Waals surface area contributed by atoms with Crippen molar-refractivity contribution in [3.05, 3.63) is 11.6 Å². The lowest BCUT2D eigenvalue weighted by molar-refractivity contribution is -0.122. The standard InChI is InChI=1S/C36H58O9/c1-9-40-31(37)43-25-21-24-14-15-26-28-17-16-27(23(4)13-12-19-34(5,6)45-33(39)42-11-3)35(28,7)20-18-29(26)36(24,8)30(22-25)44-32(38)41-10-2/h14,23,25-30H,9-13,15-22H2,1-8H3/t23-,25-,26+,27-,28+,29+,30+,35-,36+/m1/s1. The number of carbonyl (C=O) groups is 3. The van der Waals surface area contributed by atoms with Crippen molar-refractivity contribution in [2.45, 2.75) is 137 Å². The summed E-state index contributed by atoms with van der Waals surface area (Å²) in [5.41, 5.74) is 0.620. The van der Waals surface area contributed by atoms with Crippen LogP contribution in [0.2, 0.25) is 0 Å². The van der Waals surface area contributed by atoms with Crippen LogP contribution in [0.25, 0.3) is 0 Å². The fourth-order valence-corrected chi connectivity index (χ4v) is 9.92. The van der Waals surface area contributed by atoms with Crippen LogP contribution < -0.4 is 0 Å². The van der Waals surface area contributed by atoms with Crippen LogP contribution in [-0.4, -0.2) is 56.1 Å². The molecule has 0 amide bonds. The van der Waals surface area contributed by atoms with Crippen LogP contribution in [0.15, 0.2) is 11.6 Å². The summed E-state index contributed by atoms with van der Waals surface area (Å²) in [5.74, 6) is 2.74. The fraction of sp³-hybridized carbons (Fsp3) is 0.861. The van der Waals surface area contributed by atoms with Crippen LogP contribution in [-0.2, 0) is 28.4 Å². The summed E-state index contributed by atoms with van der Waals surface area (Å²) in [7, 11) is 0. The van der Waals surface area contributed by atoms with Gasteiger partial charge in [0.15, 0.2) is 0 Å². The molecule has 45 heavy (non-hydrogen) atoms. The van der Waals surface area contributed by atoms with E-state index in [2.05, 4.69) is 26.8 Å². The van der Waals surface area contributed by atoms with E-state index in [-0.39, 0.29) is 24.0 Å². The van der Waals surface area contributed by atoms with Crippen LogP contribution >= 0.6 is 0 Å². The van der Waals surface area contributed by atoms with Gasteiger partial charge in [-0.25, -0.2) is 14.4 Å². The largest absolute Gasteiger partial charge is 0.508 e. The highest BCUT2D eigenvalue weighted by Gasteiger charge is 2.62. The van der Waals surface area contributed by atoms with Crippen molar-refractivity contribution in [1.29, 1.82) is 0 Å². The molecule has 0 saturated heterocycles. The fourth-order valence-electron chi connectivity index (χ4n) is 9.92. The van der Waals surface area contributed by atoms with E-state index in [9.17, 15) is 14.4 Å². The molecule has 9 nitrogen and oxygen atoms in total. The van der Waals surface area contributed by atoms with Gasteiger partial charge in [0.1, 0.15) is 17.8 Å². The van der Waals surface area contributed by atoms with Crippen molar-refractivity contribution in [1.82, 2.24) is 0 Å². The first-order valence-electron chi connectivity index (χ1n) is 17.5. The van der Waals surface area contributed by atoms with Gasteiger partial charge in [-0.2, -0.15) is 0 Å². The van der Waals surface area contributed by atoms with Gasteiger partial charge >= 0.3 is 18.5 Å². The molecule has 0 aromatic carbocycles. The first kappa shape index (κ1) is 35.4. The third-order valence-corrected chi connectivity index (χ3v) is 12.0. The van der Waals surface area contributed by atoms with E-state index in [1.165, 1.54) is 18.4 Å². The zero-order chi connectivity index (χ0) is 33.0. The molecule has 4 aliphatic carbocycles. The minimum Gasteiger partial charge on any atom is -0.435 e. The van der Waals surface area contributed by atoms with Gasteiger partial charge in [-0.3, -0.25) is 0 Å². The van der Waals surface area contributed by atoms with Gasteiger partial charge in [-0.15, -0.1) is 0 Å². The van der Waals surface area contributed by atoms with Gasteiger partial charge in [0.2, 0.25) is 0 Å². The van der Waals surface area contributed by atoms with Gasteiger partial charge < -0.3 is 28.4 Å². The van der Waals surface area contributed by atoms with E-state index in [1.807, 2.05) is 13.8 Å². The number of ether oxygens (including phenoxy) is 6. The second-order valence-electron chi connectivity index (χ2n) is 14.9. The van der Waals surface area contributed by atoms with Crippen LogP contribution in [0.4, 0.5) is 14.4 Å². The lowest BCUT2D eigenvalue weighted by atomic mass is 9.46. The molecule has 4 rings (SSSR count). The molecule has 0 radical (unpaired) electrons. The molecule has 4 aliphatic rings. The number of rotatable bonds is 11. The summed E-state index contributed by atoms with van der Waals surface area (Å²) in [4.78, 5) is 36.8. The molecule has 9 atom stereocenters. The van der Waals surface area contributed by atoms with Crippen molar-refractivity contribution in [2.75, 3.05) is 19.8 Å². The molecular weight excluding hydrogens is 576 g/mol. The van der Waals surface area contributed by atoms with Crippen molar-refractivity contribution in [2.24, 2.45) is 40.4 Å². The number of carbonyl (C=O) groups excluding carboxylic acids is 3. The Balaban J connectivity index is 1.47. The Bertz CT molecular complexity index is 1080. The van der Waals surface area contributed by atoms with E-state index in [1.54, 1.807) is 20.8 Å². The Hall–Kier alpha value is -2.45. The summed E-state index contributed by atoms with van der Waals surface area (Å²) < 4.78 is 32.6. The van der Waals surface area contributed by atoms with E-state index < -0.39 is 36.3 Å². The van der Waals surface area contributed by atoms with Gasteiger partial charge in [0, 0.05) is 18.3 Å². The normalized spacial score (nSPS) is 34.6. The molecule has 0 N–H and O–H groups in total. The topological polar surface area (TPSA) is 107 Å². The quantitative estimate of drug-likeness (QED) is 0.125. The van der Waals surface area contributed by atoms with Gasteiger partial charge in [0.05, 0.1) is 19.8 Å². The summed E-state index contributed by atoms with van der Waals surface area (Å²) in [6.07, 6.45) is 9.30. The number of hydrogen-bond donors (Lipinski definition) is 0. The Kier molecular flexibility index (Phi) is 11.4. The Morgan fingerprint density at radius 1 is 0.911 bits per heavy atom. The lowest BCUT2D eigenvalue weighted by Crippen LogP contribution is -2.57. The first-order valence-corrected chi connectivity index (χ1v) is 17.5. The van der Waals surface area contributed by atoms with Crippen molar-refractivity contribution in [3.8, 4) is 0 Å². The third kappa shape index (κ3) is 7.59. The Labute approximate surface area is 270 Å². The van der Waals surface area contributed by atoms with Crippen LogP contribution in [0, 0.1) is 40.4 Å². The Morgan fingerprint density at radius 3 is 2.22 bits per heavy atom. The summed E-state index contributed by atoms with van der Waals surface area (Å²) in [6, 6.07) is 0. The van der Waals surface area contributed by atoms with Crippen LogP contribution in [0.5, 0.6) is 0 Å². The van der Waals surface area contributed by atoms with Crippen molar-refractivity contribution < 1.29 is 42.8 Å². The van der Waals surface area contributed by atoms with E-state index in [4.69, 9.17) is 28.4 Å². The predicted molar refractivity (Wildman–Crippen MR) is 170 cm³/mol. The molecule has 0 bridgehead atoms. The van der Waals surface area contributed by atoms with E-state index in [0.29, 0.717) is 49.0 Å². The molecule has 0 aromatic rings. The first-order chi connectivity index (χ1) is 21.3. The molecule has 0 heterocycles. The maximum atomic E-state index is 12.7. The molecule has 0 unspecified atom stereocenters. The molecule has 256 valence electrons. The molecule has 0 spiro atoms. The van der Waals surface area contributed by atoms with Crippen molar-refractivity contribution in [3.63, 3.8) is 0 Å². The SMILES string of the molecule is CCOC(=O)O[C@@H]1CC2=CC[C@H]3[C@@H]4CC[C@H]([C@H](C)CCCC(C)(C)OC(=O)OCC)[C@@]4(C)CC[C@@H]3[C@@]2(C)[C@@H](OC(=O)OCC)C1. The number of fused-ring (bicyclic) bond motifs is 5. The lowest BCUT2D eigenvalue weighted by Gasteiger charge is -2.60. The van der Waals surface area contributed by atoms with Crippen molar-refractivity contribution >= 4 is 18.5 Å². The minimum atomic E-state index is -0.676. The molecule has 3 saturated carbocycles. The maximum Gasteiger partial charge on any atom is 0.508 e. The average molecular weight is 635 g/mol. The average Bonchev–Trinajstić information content (AvgIpc) is 3.31. The maximum absolute atomic E-state index is 12.7. The monoisotopic (exact) mass is 634 g/mol. The second-order valence-corrected chi connectivity index (χ2v) is 14.9. The van der Waals surface area contributed by atoms with Crippen LogP contribution in [0.1, 0.15) is 120 Å². The predicted octanol–water partition coefficient (Wildman–Crippen LogP) is 9.02. The highest BCUT2D eigenvalue weighted by Crippen LogP contribution is 2.67. The summed E-state index contributed by atoms with van der Waals surface area (Å²) in [5, 5.41) is 0. The molecule has 9 heteroatoms. The zero-order valence-electron chi connectivity index (χ0n) is 29.0. The van der Waals surface area contributed by atoms with Gasteiger partial charge in [-0.05, 0) is 115 Å². The molecule has 0 aliphatic heterocycles. The number of allylic oxidation sites excluding steroid dienone is 1. The van der Waals surface area contributed by atoms with E-state index >= 15 is 0 Å². The molecule has 0 aromatic heterocycles. The molecule has 3 fully saturated rings. The number of hydrogen-bond acceptors (Lipinski definition) is 9. The zero-order valence-corrected chi connectivity index (χ0v) is 29.0. The van der Waals surface area contributed by atoms with Gasteiger partial charge in [-0.1, -0.05) is 38.8 Å². The Morgan fingerprint density at radius 2 is 1.56 bits per heavy atom. The van der Waals surface area contributed by atoms with Crippen LogP contribution in [0.3, 0.4) is 0 Å². The summed E-state index contributed by atoms with van der Waals surface area (Å²) in [6.45, 7) is 17.3. The smallest absolute Gasteiger partial charge is 0.435 e. The third-order valence-electron chi connectivity index (χ3n) is 12.0. The second kappa shape index (κ2) is 14.5. The minimum absolute atomic E-state index is 0.246. The highest BCUT2D eigenvalue weighted by atomic mass is 16.7. The van der Waals surface area contributed by atoms with Gasteiger partial charge in [0.25, 0.3) is 0 Å².